The number of carbonyl (C=O) groups excluding carboxylic acids is 2. The molecule has 11 heteroatoms. The van der Waals surface area contributed by atoms with Crippen LogP contribution in [-0.4, -0.2) is 65.7 Å². The van der Waals surface area contributed by atoms with E-state index in [1.165, 1.54) is 154 Å². The molecule has 0 aromatic heterocycles. The number of hydrogen-bond acceptors (Lipinski definition) is 9. The number of ether oxygens (including phenoxy) is 2. The molecular weight excluding hydrogens is 707 g/mol. The average Bonchev–Trinajstić information content (AvgIpc) is 3.16. The summed E-state index contributed by atoms with van der Waals surface area (Å²) < 4.78 is 32.7. The Morgan fingerprint density at radius 1 is 0.481 bits per heavy atom. The molecule has 0 aromatic carbocycles. The molecule has 0 aliphatic heterocycles. The van der Waals surface area contributed by atoms with Crippen LogP contribution >= 0.6 is 7.82 Å². The molecule has 0 radical (unpaired) electrons. The molecule has 3 atom stereocenters. The molecule has 0 aliphatic carbocycles. The van der Waals surface area contributed by atoms with Crippen LogP contribution in [0.25, 0.3) is 0 Å². The van der Waals surface area contributed by atoms with Crippen LogP contribution in [0.1, 0.15) is 226 Å². The summed E-state index contributed by atoms with van der Waals surface area (Å²) in [6, 6.07) is 0. The van der Waals surface area contributed by atoms with Crippen molar-refractivity contribution in [2.24, 2.45) is 0 Å². The van der Waals surface area contributed by atoms with Crippen LogP contribution < -0.4 is 0 Å². The first-order chi connectivity index (χ1) is 26.2. The fourth-order valence-corrected chi connectivity index (χ4v) is 7.31. The third kappa shape index (κ3) is 39.2. The third-order valence-electron chi connectivity index (χ3n) is 10.0. The SMILES string of the molecule is CCCCCCCCCCCCCCCCCCC(=O)OC(COC(=O)CCCCCCCCCCCCCCCCC)COP(=O)(O)OCC(O)CO. The normalized spacial score (nSPS) is 13.8. The van der Waals surface area contributed by atoms with E-state index < -0.39 is 51.8 Å². The number of carbonyl (C=O) groups is 2. The van der Waals surface area contributed by atoms with E-state index in [4.69, 9.17) is 23.6 Å². The number of hydrogen-bond donors (Lipinski definition) is 3. The first-order valence-corrected chi connectivity index (χ1v) is 24.0. The van der Waals surface area contributed by atoms with E-state index in [0.29, 0.717) is 12.8 Å². The fraction of sp³-hybridized carbons (Fsp3) is 0.953. The van der Waals surface area contributed by atoms with E-state index in [0.717, 1.165) is 32.1 Å². The van der Waals surface area contributed by atoms with E-state index in [2.05, 4.69) is 13.8 Å². The van der Waals surface area contributed by atoms with E-state index in [-0.39, 0.29) is 19.4 Å². The predicted octanol–water partition coefficient (Wildman–Crippen LogP) is 11.8. The highest BCUT2D eigenvalue weighted by Gasteiger charge is 2.27. The van der Waals surface area contributed by atoms with Gasteiger partial charge in [-0.2, -0.15) is 0 Å². The summed E-state index contributed by atoms with van der Waals surface area (Å²) in [5.74, 6) is -0.908. The zero-order valence-corrected chi connectivity index (χ0v) is 35.9. The van der Waals surface area contributed by atoms with E-state index in [9.17, 15) is 24.2 Å². The highest BCUT2D eigenvalue weighted by molar-refractivity contribution is 7.47. The van der Waals surface area contributed by atoms with Crippen LogP contribution in [-0.2, 0) is 32.7 Å². The van der Waals surface area contributed by atoms with Gasteiger partial charge in [-0.3, -0.25) is 18.6 Å². The van der Waals surface area contributed by atoms with Crippen molar-refractivity contribution in [1.82, 2.24) is 0 Å². The first-order valence-electron chi connectivity index (χ1n) is 22.5. The van der Waals surface area contributed by atoms with Crippen LogP contribution in [0.4, 0.5) is 0 Å². The number of phosphoric ester groups is 1. The molecule has 0 saturated heterocycles. The Hall–Kier alpha value is -1.03. The lowest BCUT2D eigenvalue weighted by Gasteiger charge is -2.20. The maximum absolute atomic E-state index is 12.6. The molecule has 0 amide bonds. The molecule has 322 valence electrons. The largest absolute Gasteiger partial charge is 0.472 e. The third-order valence-corrected chi connectivity index (χ3v) is 11.0. The lowest BCUT2D eigenvalue weighted by molar-refractivity contribution is -0.161. The molecule has 0 heterocycles. The van der Waals surface area contributed by atoms with Gasteiger partial charge in [-0.1, -0.05) is 200 Å². The smallest absolute Gasteiger partial charge is 0.462 e. The molecule has 0 saturated carbocycles. The summed E-state index contributed by atoms with van der Waals surface area (Å²) >= 11 is 0. The summed E-state index contributed by atoms with van der Waals surface area (Å²) in [6.45, 7) is 2.43. The first kappa shape index (κ1) is 53.0. The second kappa shape index (κ2) is 40.2. The topological polar surface area (TPSA) is 149 Å². The van der Waals surface area contributed by atoms with Crippen molar-refractivity contribution < 1.29 is 47.8 Å². The maximum Gasteiger partial charge on any atom is 0.472 e. The highest BCUT2D eigenvalue weighted by atomic mass is 31.2. The molecule has 3 N–H and O–H groups in total. The Morgan fingerprint density at radius 2 is 0.796 bits per heavy atom. The van der Waals surface area contributed by atoms with Gasteiger partial charge in [0.15, 0.2) is 6.10 Å². The summed E-state index contributed by atoms with van der Waals surface area (Å²) in [6.07, 6.45) is 36.3. The van der Waals surface area contributed by atoms with Gasteiger partial charge < -0.3 is 24.6 Å². The highest BCUT2D eigenvalue weighted by Crippen LogP contribution is 2.43. The molecule has 0 rings (SSSR count). The summed E-state index contributed by atoms with van der Waals surface area (Å²) in [5, 5.41) is 18.3. The molecule has 0 fully saturated rings. The molecule has 0 aliphatic rings. The summed E-state index contributed by atoms with van der Waals surface area (Å²) in [7, 11) is -4.61. The fourth-order valence-electron chi connectivity index (χ4n) is 6.52. The van der Waals surface area contributed by atoms with Gasteiger partial charge in [-0.25, -0.2) is 4.57 Å². The van der Waals surface area contributed by atoms with Crippen molar-refractivity contribution in [2.45, 2.75) is 238 Å². The van der Waals surface area contributed by atoms with E-state index in [1.807, 2.05) is 0 Å². The second-order valence-electron chi connectivity index (χ2n) is 15.4. The van der Waals surface area contributed by atoms with E-state index in [1.54, 1.807) is 0 Å². The summed E-state index contributed by atoms with van der Waals surface area (Å²) in [4.78, 5) is 35.0. The molecule has 3 unspecified atom stereocenters. The number of phosphoric acid groups is 1. The zero-order valence-electron chi connectivity index (χ0n) is 35.0. The minimum absolute atomic E-state index is 0.192. The van der Waals surface area contributed by atoms with Crippen molar-refractivity contribution in [3.05, 3.63) is 0 Å². The quantitative estimate of drug-likeness (QED) is 0.0309. The molecular formula is C43H85O10P. The van der Waals surface area contributed by atoms with Crippen molar-refractivity contribution in [3.63, 3.8) is 0 Å². The molecule has 54 heavy (non-hydrogen) atoms. The minimum atomic E-state index is -4.61. The minimum Gasteiger partial charge on any atom is -0.462 e. The summed E-state index contributed by atoms with van der Waals surface area (Å²) in [5.41, 5.74) is 0. The van der Waals surface area contributed by atoms with Gasteiger partial charge in [0.25, 0.3) is 0 Å². The number of esters is 2. The van der Waals surface area contributed by atoms with Crippen molar-refractivity contribution >= 4 is 19.8 Å². The van der Waals surface area contributed by atoms with Crippen molar-refractivity contribution in [3.8, 4) is 0 Å². The van der Waals surface area contributed by atoms with Crippen LogP contribution in [0.2, 0.25) is 0 Å². The Kier molecular flexibility index (Phi) is 39.4. The molecule has 0 spiro atoms. The zero-order chi connectivity index (χ0) is 39.8. The Bertz CT molecular complexity index is 873. The van der Waals surface area contributed by atoms with Crippen LogP contribution in [0.5, 0.6) is 0 Å². The van der Waals surface area contributed by atoms with Gasteiger partial charge in [-0.05, 0) is 12.8 Å². The van der Waals surface area contributed by atoms with Crippen LogP contribution in [0.15, 0.2) is 0 Å². The van der Waals surface area contributed by atoms with Gasteiger partial charge in [0, 0.05) is 12.8 Å². The standard InChI is InChI=1S/C43H85O10P/c1-3-5-7-9-11-13-15-17-19-21-23-25-27-29-31-33-35-43(47)53-41(39-52-54(48,49)51-37-40(45)36-44)38-50-42(46)34-32-30-28-26-24-22-20-18-16-14-12-10-8-6-4-2/h40-41,44-45H,3-39H2,1-2H3,(H,48,49). The molecule has 0 aromatic rings. The predicted molar refractivity (Wildman–Crippen MR) is 219 cm³/mol. The van der Waals surface area contributed by atoms with Gasteiger partial charge in [0.05, 0.1) is 19.8 Å². The van der Waals surface area contributed by atoms with Crippen molar-refractivity contribution in [2.75, 3.05) is 26.4 Å². The molecule has 0 bridgehead atoms. The maximum atomic E-state index is 12.6. The average molecular weight is 793 g/mol. The van der Waals surface area contributed by atoms with Gasteiger partial charge in [-0.15, -0.1) is 0 Å². The van der Waals surface area contributed by atoms with Crippen LogP contribution in [0.3, 0.4) is 0 Å². The number of aliphatic hydroxyl groups excluding tert-OH is 2. The second-order valence-corrected chi connectivity index (χ2v) is 16.9. The lowest BCUT2D eigenvalue weighted by atomic mass is 10.0. The molecule has 10 nitrogen and oxygen atoms in total. The van der Waals surface area contributed by atoms with Crippen LogP contribution in [0, 0.1) is 0 Å². The van der Waals surface area contributed by atoms with Gasteiger partial charge >= 0.3 is 19.8 Å². The lowest BCUT2D eigenvalue weighted by Crippen LogP contribution is -2.29. The van der Waals surface area contributed by atoms with E-state index >= 15 is 0 Å². The number of rotatable bonds is 43. The number of aliphatic hydroxyl groups is 2. The Balaban J connectivity index is 4.23. The van der Waals surface area contributed by atoms with Gasteiger partial charge in [0.1, 0.15) is 12.7 Å². The van der Waals surface area contributed by atoms with Gasteiger partial charge in [0.2, 0.25) is 0 Å². The van der Waals surface area contributed by atoms with Crippen molar-refractivity contribution in [1.29, 1.82) is 0 Å². The monoisotopic (exact) mass is 793 g/mol. The Morgan fingerprint density at radius 3 is 1.15 bits per heavy atom. The Labute approximate surface area is 331 Å². The number of unbranched alkanes of at least 4 members (excludes halogenated alkanes) is 29.